The summed E-state index contributed by atoms with van der Waals surface area (Å²) in [7, 11) is 0. The molecule has 0 saturated carbocycles. The summed E-state index contributed by atoms with van der Waals surface area (Å²) in [5, 5.41) is 21.9. The van der Waals surface area contributed by atoms with Crippen molar-refractivity contribution in [1.29, 1.82) is 5.26 Å². The van der Waals surface area contributed by atoms with E-state index in [1.54, 1.807) is 6.07 Å². The molecule has 11 heteroatoms. The van der Waals surface area contributed by atoms with E-state index in [2.05, 4.69) is 0 Å². The lowest BCUT2D eigenvalue weighted by molar-refractivity contribution is -0.384. The molecule has 0 fully saturated rings. The highest BCUT2D eigenvalue weighted by molar-refractivity contribution is 6.33. The minimum atomic E-state index is -0.826. The molecule has 3 rings (SSSR count). The Morgan fingerprint density at radius 2 is 1.92 bits per heavy atom. The maximum Gasteiger partial charge on any atom is 0.272 e. The van der Waals surface area contributed by atoms with Crippen LogP contribution in [0, 0.1) is 21.4 Å². The Labute approximate surface area is 143 Å². The molecule has 1 aromatic carbocycles. The molecule has 0 unspecified atom stereocenters. The van der Waals surface area contributed by atoms with Crippen molar-refractivity contribution >= 4 is 34.9 Å². The molecule has 0 saturated heterocycles. The Morgan fingerprint density at radius 1 is 1.24 bits per heavy atom. The summed E-state index contributed by atoms with van der Waals surface area (Å²) < 4.78 is 0.766. The van der Waals surface area contributed by atoms with Crippen LogP contribution in [-0.2, 0) is 0 Å². The number of fused-ring (bicyclic) bond motifs is 1. The number of nitrogens with one attached hydrogen (secondary N) is 1. The highest BCUT2D eigenvalue weighted by Gasteiger charge is 2.33. The summed E-state index contributed by atoms with van der Waals surface area (Å²) in [6.45, 7) is 0. The lowest BCUT2D eigenvalue weighted by atomic mass is 10.1. The number of aromatic nitrogens is 1. The number of halogens is 1. The van der Waals surface area contributed by atoms with Gasteiger partial charge in [0.05, 0.1) is 32.3 Å². The molecule has 10 nitrogen and oxygen atoms in total. The SMILES string of the molecule is N#Cc1cc([N+](=O)[O-])cc(Cl)c1-n1c(N)c2c(cc1=O)C(=O)NC2=O. The number of pyridine rings is 1. The van der Waals surface area contributed by atoms with Crippen LogP contribution in [0.5, 0.6) is 0 Å². The highest BCUT2D eigenvalue weighted by Crippen LogP contribution is 2.32. The maximum atomic E-state index is 12.4. The number of hydrogen-bond acceptors (Lipinski definition) is 7. The second-order valence-corrected chi connectivity index (χ2v) is 5.38. The third-order valence-corrected chi connectivity index (χ3v) is 3.84. The molecular formula is C14H6ClN5O5. The van der Waals surface area contributed by atoms with Crippen molar-refractivity contribution in [2.75, 3.05) is 5.73 Å². The summed E-state index contributed by atoms with van der Waals surface area (Å²) in [5.41, 5.74) is 3.64. The molecule has 25 heavy (non-hydrogen) atoms. The minimum Gasteiger partial charge on any atom is -0.384 e. The standard InChI is InChI=1S/C14H6ClN5O5/c15-8-2-6(20(24)25)1-5(4-16)11(8)19-9(21)3-7-10(12(19)17)14(23)18-13(7)22/h1-3H,17H2,(H,18,22,23). The van der Waals surface area contributed by atoms with Crippen LogP contribution in [0.4, 0.5) is 11.5 Å². The van der Waals surface area contributed by atoms with Gasteiger partial charge in [0.15, 0.2) is 0 Å². The monoisotopic (exact) mass is 359 g/mol. The number of non-ortho nitro benzene ring substituents is 1. The molecule has 0 spiro atoms. The van der Waals surface area contributed by atoms with Crippen molar-refractivity contribution in [3.8, 4) is 11.8 Å². The van der Waals surface area contributed by atoms with Crippen LogP contribution < -0.4 is 16.6 Å². The lowest BCUT2D eigenvalue weighted by Gasteiger charge is -2.14. The minimum absolute atomic E-state index is 0.194. The average Bonchev–Trinajstić information content (AvgIpc) is 2.82. The fourth-order valence-corrected chi connectivity index (χ4v) is 2.81. The molecule has 2 amide bonds. The number of nitrogens with zero attached hydrogens (tertiary/aromatic N) is 3. The van der Waals surface area contributed by atoms with Gasteiger partial charge >= 0.3 is 0 Å². The van der Waals surface area contributed by atoms with Crippen LogP contribution in [0.15, 0.2) is 23.0 Å². The molecule has 1 aliphatic heterocycles. The molecular weight excluding hydrogens is 354 g/mol. The fourth-order valence-electron chi connectivity index (χ4n) is 2.51. The van der Waals surface area contributed by atoms with Gasteiger partial charge in [0.25, 0.3) is 23.1 Å². The van der Waals surface area contributed by atoms with Crippen molar-refractivity contribution in [3.63, 3.8) is 0 Å². The van der Waals surface area contributed by atoms with Gasteiger partial charge in [-0.2, -0.15) is 5.26 Å². The van der Waals surface area contributed by atoms with Crippen LogP contribution in [0.2, 0.25) is 5.02 Å². The molecule has 0 aliphatic carbocycles. The zero-order valence-electron chi connectivity index (χ0n) is 12.1. The quantitative estimate of drug-likeness (QED) is 0.453. The first-order chi connectivity index (χ1) is 11.8. The van der Waals surface area contributed by atoms with Gasteiger partial charge in [-0.1, -0.05) is 11.6 Å². The van der Waals surface area contributed by atoms with E-state index in [0.29, 0.717) is 0 Å². The van der Waals surface area contributed by atoms with Crippen LogP contribution in [0.25, 0.3) is 5.69 Å². The fraction of sp³-hybridized carbons (Fsp3) is 0. The molecule has 1 aliphatic rings. The van der Waals surface area contributed by atoms with E-state index in [0.717, 1.165) is 22.8 Å². The van der Waals surface area contributed by atoms with Crippen molar-refractivity contribution in [1.82, 2.24) is 9.88 Å². The van der Waals surface area contributed by atoms with Gasteiger partial charge in [-0.3, -0.25) is 34.4 Å². The molecule has 3 N–H and O–H groups in total. The normalized spacial score (nSPS) is 12.5. The van der Waals surface area contributed by atoms with E-state index in [9.17, 15) is 29.8 Å². The number of carbonyl (C=O) groups is 2. The number of carbonyl (C=O) groups excluding carboxylic acids is 2. The molecule has 0 radical (unpaired) electrons. The van der Waals surface area contributed by atoms with Crippen LogP contribution in [0.3, 0.4) is 0 Å². The molecule has 0 atom stereocenters. The van der Waals surface area contributed by atoms with Gasteiger partial charge in [0.1, 0.15) is 11.9 Å². The Balaban J connectivity index is 2.40. The number of nitro groups is 1. The van der Waals surface area contributed by atoms with E-state index >= 15 is 0 Å². The Kier molecular flexibility index (Phi) is 3.51. The van der Waals surface area contributed by atoms with E-state index in [1.807, 2.05) is 5.32 Å². The van der Waals surface area contributed by atoms with E-state index in [-0.39, 0.29) is 27.4 Å². The number of anilines is 1. The highest BCUT2D eigenvalue weighted by atomic mass is 35.5. The molecule has 2 heterocycles. The third kappa shape index (κ3) is 2.30. The van der Waals surface area contributed by atoms with Gasteiger partial charge in [-0.25, -0.2) is 0 Å². The van der Waals surface area contributed by atoms with Crippen LogP contribution in [0.1, 0.15) is 26.3 Å². The zero-order chi connectivity index (χ0) is 18.5. The average molecular weight is 360 g/mol. The summed E-state index contributed by atoms with van der Waals surface area (Å²) in [6, 6.07) is 4.45. The predicted molar refractivity (Wildman–Crippen MR) is 84.6 cm³/mol. The largest absolute Gasteiger partial charge is 0.384 e. The third-order valence-electron chi connectivity index (χ3n) is 3.56. The van der Waals surface area contributed by atoms with Crippen LogP contribution >= 0.6 is 11.6 Å². The maximum absolute atomic E-state index is 12.4. The van der Waals surface area contributed by atoms with Crippen molar-refractivity contribution in [3.05, 3.63) is 60.4 Å². The Bertz CT molecular complexity index is 1100. The smallest absolute Gasteiger partial charge is 0.272 e. The number of nitrogens with two attached hydrogens (primary N) is 1. The number of nitrogen functional groups attached to an aromatic ring is 1. The second kappa shape index (κ2) is 5.43. The van der Waals surface area contributed by atoms with Crippen molar-refractivity contribution in [2.24, 2.45) is 0 Å². The summed E-state index contributed by atoms with van der Waals surface area (Å²) in [6.07, 6.45) is 0. The molecule has 2 aromatic rings. The Hall–Kier alpha value is -3.71. The number of rotatable bonds is 2. The van der Waals surface area contributed by atoms with E-state index in [1.165, 1.54) is 0 Å². The number of amides is 2. The van der Waals surface area contributed by atoms with Crippen molar-refractivity contribution in [2.45, 2.75) is 0 Å². The first-order valence-electron chi connectivity index (χ1n) is 6.56. The van der Waals surface area contributed by atoms with Gasteiger partial charge in [0.2, 0.25) is 0 Å². The number of imide groups is 1. The molecule has 0 bridgehead atoms. The second-order valence-electron chi connectivity index (χ2n) is 4.97. The summed E-state index contributed by atoms with van der Waals surface area (Å²) in [5.74, 6) is -1.98. The van der Waals surface area contributed by atoms with Crippen molar-refractivity contribution < 1.29 is 14.5 Å². The van der Waals surface area contributed by atoms with Gasteiger partial charge in [-0.15, -0.1) is 0 Å². The molecule has 1 aromatic heterocycles. The zero-order valence-corrected chi connectivity index (χ0v) is 12.8. The van der Waals surface area contributed by atoms with E-state index in [4.69, 9.17) is 17.3 Å². The Morgan fingerprint density at radius 3 is 2.52 bits per heavy atom. The molecule has 124 valence electrons. The first kappa shape index (κ1) is 16.2. The number of benzene rings is 1. The van der Waals surface area contributed by atoms with Gasteiger partial charge in [0, 0.05) is 18.2 Å². The number of nitro benzene ring substituents is 1. The predicted octanol–water partition coefficient (Wildman–Crippen LogP) is 0.737. The first-order valence-corrected chi connectivity index (χ1v) is 6.93. The number of nitriles is 1. The lowest BCUT2D eigenvalue weighted by Crippen LogP contribution is -2.25. The van der Waals surface area contributed by atoms with Crippen LogP contribution in [-0.4, -0.2) is 21.3 Å². The summed E-state index contributed by atoms with van der Waals surface area (Å²) in [4.78, 5) is 46.0. The van der Waals surface area contributed by atoms with Gasteiger partial charge in [-0.05, 0) is 0 Å². The van der Waals surface area contributed by atoms with Gasteiger partial charge < -0.3 is 5.73 Å². The number of hydrogen-bond donors (Lipinski definition) is 2. The van der Waals surface area contributed by atoms with E-state index < -0.39 is 33.8 Å². The topological polar surface area (TPSA) is 161 Å². The summed E-state index contributed by atoms with van der Waals surface area (Å²) >= 11 is 6.01.